The third kappa shape index (κ3) is 4.44. The molecule has 0 aromatic carbocycles. The van der Waals surface area contributed by atoms with Gasteiger partial charge in [-0.1, -0.05) is 13.8 Å². The number of carbonyl (C=O) groups excluding carboxylic acids is 1. The van der Waals surface area contributed by atoms with E-state index in [9.17, 15) is 18.3 Å². The number of hydrogen-bond donors (Lipinski definition) is 1. The number of fused-ring (bicyclic) bond motifs is 5. The molecule has 4 saturated carbocycles. The summed E-state index contributed by atoms with van der Waals surface area (Å²) in [6.45, 7) is 9.65. The molecule has 1 N–H and O–H groups in total. The van der Waals surface area contributed by atoms with Crippen molar-refractivity contribution in [2.45, 2.75) is 90.6 Å². The van der Waals surface area contributed by atoms with Crippen molar-refractivity contribution < 1.29 is 18.3 Å². The van der Waals surface area contributed by atoms with Crippen LogP contribution in [-0.2, 0) is 14.8 Å². The van der Waals surface area contributed by atoms with E-state index in [1.165, 1.54) is 55.5 Å². The van der Waals surface area contributed by atoms with E-state index in [2.05, 4.69) is 18.7 Å². The average molecular weight is 509 g/mol. The Bertz CT molecular complexity index is 927. The molecule has 0 aromatic rings. The van der Waals surface area contributed by atoms with Gasteiger partial charge < -0.3 is 5.11 Å². The number of piperazine rings is 1. The summed E-state index contributed by atoms with van der Waals surface area (Å²) in [5, 5.41) is 10.8. The summed E-state index contributed by atoms with van der Waals surface area (Å²) in [5.41, 5.74) is 0.0274. The largest absolute Gasteiger partial charge is 0.390 e. The Kier molecular flexibility index (Phi) is 6.76. The second kappa shape index (κ2) is 9.06. The van der Waals surface area contributed by atoms with Gasteiger partial charge in [-0.05, 0) is 106 Å². The highest BCUT2D eigenvalue weighted by molar-refractivity contribution is 7.88. The summed E-state index contributed by atoms with van der Waals surface area (Å²) < 4.78 is 25.2. The minimum absolute atomic E-state index is 0.120. The van der Waals surface area contributed by atoms with E-state index in [1.807, 2.05) is 6.92 Å². The molecule has 4 aliphatic carbocycles. The van der Waals surface area contributed by atoms with Crippen molar-refractivity contribution in [1.82, 2.24) is 9.21 Å². The maximum atomic E-state index is 13.6. The van der Waals surface area contributed by atoms with Crippen LogP contribution in [0.15, 0.2) is 0 Å². The van der Waals surface area contributed by atoms with Gasteiger partial charge in [0.15, 0.2) is 0 Å². The van der Waals surface area contributed by atoms with Gasteiger partial charge in [0.25, 0.3) is 0 Å². The van der Waals surface area contributed by atoms with Gasteiger partial charge >= 0.3 is 0 Å². The summed E-state index contributed by atoms with van der Waals surface area (Å²) in [5.74, 6) is 3.37. The molecular weight excluding hydrogens is 460 g/mol. The molecule has 5 fully saturated rings. The van der Waals surface area contributed by atoms with Crippen LogP contribution in [0.2, 0.25) is 0 Å². The van der Waals surface area contributed by atoms with E-state index in [0.29, 0.717) is 55.8 Å². The van der Waals surface area contributed by atoms with E-state index < -0.39 is 15.6 Å². The minimum atomic E-state index is -3.14. The van der Waals surface area contributed by atoms with Crippen LogP contribution < -0.4 is 0 Å². The van der Waals surface area contributed by atoms with Crippen molar-refractivity contribution in [3.05, 3.63) is 0 Å². The Hall–Kier alpha value is -0.500. The fraction of sp³-hybridized carbons (Fsp3) is 0.964. The number of carbonyl (C=O) groups is 1. The van der Waals surface area contributed by atoms with Gasteiger partial charge in [0.2, 0.25) is 10.0 Å². The second-order valence-electron chi connectivity index (χ2n) is 13.5. The fourth-order valence-corrected chi connectivity index (χ4v) is 10.9. The molecule has 0 radical (unpaired) electrons. The highest BCUT2D eigenvalue weighted by atomic mass is 32.2. The quantitative estimate of drug-likeness (QED) is 0.609. The van der Waals surface area contributed by atoms with Crippen molar-refractivity contribution in [3.8, 4) is 0 Å². The van der Waals surface area contributed by atoms with Gasteiger partial charge in [-0.3, -0.25) is 9.69 Å². The molecular formula is C28H48N2O4S. The number of hydrogen-bond acceptors (Lipinski definition) is 5. The minimum Gasteiger partial charge on any atom is -0.390 e. The van der Waals surface area contributed by atoms with E-state index in [4.69, 9.17) is 0 Å². The molecule has 1 aliphatic heterocycles. The molecule has 5 rings (SSSR count). The van der Waals surface area contributed by atoms with Gasteiger partial charge in [0, 0.05) is 32.1 Å². The highest BCUT2D eigenvalue weighted by Gasteiger charge is 2.62. The predicted molar refractivity (Wildman–Crippen MR) is 138 cm³/mol. The van der Waals surface area contributed by atoms with Crippen LogP contribution in [0.25, 0.3) is 0 Å². The second-order valence-corrected chi connectivity index (χ2v) is 15.5. The molecule has 200 valence electrons. The van der Waals surface area contributed by atoms with Crippen LogP contribution in [0.3, 0.4) is 0 Å². The first-order valence-corrected chi connectivity index (χ1v) is 16.2. The Labute approximate surface area is 213 Å². The first kappa shape index (κ1) is 26.1. The van der Waals surface area contributed by atoms with Gasteiger partial charge in [0.1, 0.15) is 5.78 Å². The molecule has 8 atom stereocenters. The van der Waals surface area contributed by atoms with Crippen molar-refractivity contribution in [3.63, 3.8) is 0 Å². The Morgan fingerprint density at radius 2 is 1.66 bits per heavy atom. The van der Waals surface area contributed by atoms with Gasteiger partial charge in [-0.2, -0.15) is 4.31 Å². The summed E-state index contributed by atoms with van der Waals surface area (Å²) in [7, 11) is -3.14. The topological polar surface area (TPSA) is 77.9 Å². The van der Waals surface area contributed by atoms with Gasteiger partial charge in [-0.15, -0.1) is 0 Å². The number of ketones is 1. The molecule has 0 spiro atoms. The molecule has 6 nitrogen and oxygen atoms in total. The van der Waals surface area contributed by atoms with E-state index in [0.717, 1.165) is 31.1 Å². The zero-order valence-corrected chi connectivity index (χ0v) is 23.3. The molecule has 0 unspecified atom stereocenters. The zero-order chi connectivity index (χ0) is 25.2. The van der Waals surface area contributed by atoms with Crippen LogP contribution in [0.1, 0.15) is 85.0 Å². The molecule has 7 heteroatoms. The maximum Gasteiger partial charge on any atom is 0.211 e. The first-order chi connectivity index (χ1) is 16.4. The normalized spacial score (nSPS) is 47.1. The lowest BCUT2D eigenvalue weighted by molar-refractivity contribution is -0.158. The third-order valence-electron chi connectivity index (χ3n) is 11.9. The molecule has 0 aromatic heterocycles. The number of aliphatic hydroxyl groups is 1. The summed E-state index contributed by atoms with van der Waals surface area (Å²) in [6, 6.07) is 0. The SMILES string of the molecule is CC[C@]12CC[C@@](C)(O)C[C@@H]1CC[C@H]1[C@@H]3CC[C@H](C(=O)CN4CCN(S(C)(=O)=O)CC4)[C@@]3(C)CC[C@@H]12. The molecule has 0 bridgehead atoms. The van der Waals surface area contributed by atoms with E-state index >= 15 is 0 Å². The average Bonchev–Trinajstić information content (AvgIpc) is 3.15. The Morgan fingerprint density at radius 3 is 2.31 bits per heavy atom. The van der Waals surface area contributed by atoms with Crippen LogP contribution in [0, 0.1) is 40.4 Å². The Morgan fingerprint density at radius 1 is 0.943 bits per heavy atom. The van der Waals surface area contributed by atoms with Gasteiger partial charge in [0.05, 0.1) is 18.4 Å². The third-order valence-corrected chi connectivity index (χ3v) is 13.2. The predicted octanol–water partition coefficient (Wildman–Crippen LogP) is 3.93. The zero-order valence-electron chi connectivity index (χ0n) is 22.5. The van der Waals surface area contributed by atoms with Crippen molar-refractivity contribution in [2.24, 2.45) is 40.4 Å². The van der Waals surface area contributed by atoms with Crippen molar-refractivity contribution >= 4 is 15.8 Å². The molecule has 1 heterocycles. The van der Waals surface area contributed by atoms with Crippen molar-refractivity contribution in [1.29, 1.82) is 0 Å². The Balaban J connectivity index is 1.26. The smallest absolute Gasteiger partial charge is 0.211 e. The van der Waals surface area contributed by atoms with E-state index in [-0.39, 0.29) is 11.3 Å². The number of nitrogens with zero attached hydrogens (tertiary/aromatic N) is 2. The fourth-order valence-electron chi connectivity index (χ4n) is 10.0. The monoisotopic (exact) mass is 508 g/mol. The summed E-state index contributed by atoms with van der Waals surface area (Å²) in [4.78, 5) is 15.8. The maximum absolute atomic E-state index is 13.6. The van der Waals surface area contributed by atoms with Crippen LogP contribution >= 0.6 is 0 Å². The highest BCUT2D eigenvalue weighted by Crippen LogP contribution is 2.69. The summed E-state index contributed by atoms with van der Waals surface area (Å²) >= 11 is 0. The van der Waals surface area contributed by atoms with E-state index in [1.54, 1.807) is 0 Å². The van der Waals surface area contributed by atoms with Crippen LogP contribution in [0.4, 0.5) is 0 Å². The van der Waals surface area contributed by atoms with Gasteiger partial charge in [-0.25, -0.2) is 8.42 Å². The molecule has 35 heavy (non-hydrogen) atoms. The lowest BCUT2D eigenvalue weighted by atomic mass is 9.42. The molecule has 5 aliphatic rings. The lowest BCUT2D eigenvalue weighted by Crippen LogP contribution is -2.57. The molecule has 1 saturated heterocycles. The number of rotatable bonds is 5. The first-order valence-electron chi connectivity index (χ1n) is 14.3. The lowest BCUT2D eigenvalue weighted by Gasteiger charge is -2.63. The number of Topliss-reactive ketones (excluding diaryl/α,β-unsaturated/α-hetero) is 1. The number of sulfonamides is 1. The van der Waals surface area contributed by atoms with Crippen LogP contribution in [-0.4, -0.2) is 73.1 Å². The summed E-state index contributed by atoms with van der Waals surface area (Å²) in [6.07, 6.45) is 12.8. The van der Waals surface area contributed by atoms with Crippen molar-refractivity contribution in [2.75, 3.05) is 39.0 Å². The standard InChI is InChI=1S/C28H48N2O4S/c1-5-28-13-12-26(2,32)18-20(28)6-7-21-22-8-9-24(27(22,3)11-10-23(21)28)25(31)19-29-14-16-30(17-15-29)35(4,33)34/h20-24,32H,5-19H2,1-4H3/t20-,21-,22-,23-,24+,26+,27-,28-/m0/s1. The molecule has 0 amide bonds. The van der Waals surface area contributed by atoms with Crippen LogP contribution in [0.5, 0.6) is 0 Å².